The van der Waals surface area contributed by atoms with Crippen molar-refractivity contribution in [1.82, 2.24) is 4.57 Å². The maximum Gasteiger partial charge on any atom is 0.418 e. The third kappa shape index (κ3) is 4.02. The molecule has 0 atom stereocenters. The number of carboxylic acid groups (broad SMARTS) is 1. The van der Waals surface area contributed by atoms with E-state index in [9.17, 15) is 22.4 Å². The Morgan fingerprint density at radius 2 is 1.63 bits per heavy atom. The fraction of sp³-hybridized carbons (Fsp3) is 0.150. The van der Waals surface area contributed by atoms with Gasteiger partial charge in [0.05, 0.1) is 23.4 Å². The summed E-state index contributed by atoms with van der Waals surface area (Å²) in [7, 11) is 0. The summed E-state index contributed by atoms with van der Waals surface area (Å²) in [6.45, 7) is 0. The normalized spacial score (nSPS) is 11.6. The van der Waals surface area contributed by atoms with Gasteiger partial charge in [0, 0.05) is 5.69 Å². The Morgan fingerprint density at radius 3 is 2.26 bits per heavy atom. The van der Waals surface area contributed by atoms with E-state index in [0.29, 0.717) is 17.0 Å². The number of carbonyl (C=O) groups is 1. The zero-order valence-corrected chi connectivity index (χ0v) is 14.0. The molecular formula is C20H15F4NO2. The molecule has 0 aliphatic heterocycles. The summed E-state index contributed by atoms with van der Waals surface area (Å²) < 4.78 is 55.2. The number of halogens is 4. The molecular weight excluding hydrogens is 362 g/mol. The van der Waals surface area contributed by atoms with Gasteiger partial charge in [-0.3, -0.25) is 4.79 Å². The van der Waals surface area contributed by atoms with Crippen molar-refractivity contribution in [3.8, 4) is 16.9 Å². The average Bonchev–Trinajstić information content (AvgIpc) is 3.03. The van der Waals surface area contributed by atoms with E-state index in [0.717, 1.165) is 6.07 Å². The van der Waals surface area contributed by atoms with Gasteiger partial charge in [-0.05, 0) is 60.5 Å². The Balaban J connectivity index is 2.21. The molecule has 0 saturated carbocycles. The molecule has 3 aromatic rings. The second kappa shape index (κ2) is 7.26. The van der Waals surface area contributed by atoms with Gasteiger partial charge < -0.3 is 9.67 Å². The van der Waals surface area contributed by atoms with Crippen LogP contribution < -0.4 is 0 Å². The number of nitrogens with zero attached hydrogens (tertiary/aromatic N) is 1. The molecule has 1 aromatic heterocycles. The summed E-state index contributed by atoms with van der Waals surface area (Å²) in [4.78, 5) is 10.9. The second-order valence-corrected chi connectivity index (χ2v) is 5.96. The van der Waals surface area contributed by atoms with E-state index in [4.69, 9.17) is 5.11 Å². The van der Waals surface area contributed by atoms with Crippen LogP contribution in [-0.4, -0.2) is 15.6 Å². The Bertz CT molecular complexity index is 959. The van der Waals surface area contributed by atoms with E-state index in [2.05, 4.69) is 0 Å². The van der Waals surface area contributed by atoms with Gasteiger partial charge in [-0.15, -0.1) is 0 Å². The fourth-order valence-electron chi connectivity index (χ4n) is 2.95. The Morgan fingerprint density at radius 1 is 0.963 bits per heavy atom. The molecule has 27 heavy (non-hydrogen) atoms. The van der Waals surface area contributed by atoms with E-state index >= 15 is 0 Å². The molecule has 0 bridgehead atoms. The van der Waals surface area contributed by atoms with Crippen LogP contribution in [0.3, 0.4) is 0 Å². The topological polar surface area (TPSA) is 42.2 Å². The number of para-hydroxylation sites is 1. The molecule has 0 unspecified atom stereocenters. The molecule has 0 fully saturated rings. The average molecular weight is 377 g/mol. The Hall–Kier alpha value is -3.09. The van der Waals surface area contributed by atoms with Crippen LogP contribution in [0.1, 0.15) is 17.7 Å². The van der Waals surface area contributed by atoms with E-state index in [1.54, 1.807) is 12.1 Å². The number of alkyl halides is 3. The van der Waals surface area contributed by atoms with Crippen LogP contribution in [0.25, 0.3) is 16.9 Å². The molecule has 3 rings (SSSR count). The van der Waals surface area contributed by atoms with E-state index in [-0.39, 0.29) is 18.5 Å². The first-order valence-electron chi connectivity index (χ1n) is 8.12. The van der Waals surface area contributed by atoms with Crippen molar-refractivity contribution in [3.05, 3.63) is 77.7 Å². The maximum absolute atomic E-state index is 13.5. The lowest BCUT2D eigenvalue weighted by Gasteiger charge is -2.19. The van der Waals surface area contributed by atoms with Crippen molar-refractivity contribution < 1.29 is 27.5 Å². The van der Waals surface area contributed by atoms with Crippen molar-refractivity contribution >= 4 is 5.97 Å². The zero-order valence-electron chi connectivity index (χ0n) is 14.0. The first-order valence-corrected chi connectivity index (χ1v) is 8.12. The van der Waals surface area contributed by atoms with Crippen molar-refractivity contribution in [2.75, 3.05) is 0 Å². The summed E-state index contributed by atoms with van der Waals surface area (Å²) >= 11 is 0. The minimum Gasteiger partial charge on any atom is -0.481 e. The molecule has 0 aliphatic rings. The first-order chi connectivity index (χ1) is 12.8. The van der Waals surface area contributed by atoms with E-state index in [1.807, 2.05) is 0 Å². The lowest BCUT2D eigenvalue weighted by Crippen LogP contribution is -2.13. The van der Waals surface area contributed by atoms with Crippen LogP contribution in [0, 0.1) is 5.82 Å². The summed E-state index contributed by atoms with van der Waals surface area (Å²) in [5.74, 6) is -1.51. The number of hydrogen-bond donors (Lipinski definition) is 1. The first kappa shape index (κ1) is 18.7. The second-order valence-electron chi connectivity index (χ2n) is 5.96. The number of aliphatic carboxylic acids is 1. The van der Waals surface area contributed by atoms with Crippen LogP contribution >= 0.6 is 0 Å². The molecule has 0 aliphatic carbocycles. The smallest absolute Gasteiger partial charge is 0.418 e. The van der Waals surface area contributed by atoms with Crippen molar-refractivity contribution in [3.63, 3.8) is 0 Å². The molecule has 0 saturated heterocycles. The maximum atomic E-state index is 13.5. The molecule has 0 spiro atoms. The van der Waals surface area contributed by atoms with Gasteiger partial charge in [-0.1, -0.05) is 12.1 Å². The number of aryl methyl sites for hydroxylation is 1. The van der Waals surface area contributed by atoms with Crippen molar-refractivity contribution in [2.45, 2.75) is 19.0 Å². The highest BCUT2D eigenvalue weighted by Crippen LogP contribution is 2.37. The molecule has 2 aromatic carbocycles. The predicted octanol–water partition coefficient (Wildman–Crippen LogP) is 5.32. The van der Waals surface area contributed by atoms with Gasteiger partial charge in [0.1, 0.15) is 5.82 Å². The van der Waals surface area contributed by atoms with Gasteiger partial charge in [0.15, 0.2) is 0 Å². The largest absolute Gasteiger partial charge is 0.481 e. The standard InChI is InChI=1S/C20H15F4NO2/c21-14-7-5-13(6-8-14)17-11-9-15(10-12-19(26)27)25(17)18-4-2-1-3-16(18)20(22,23)24/h1-9,11H,10,12H2,(H,26,27). The Kier molecular flexibility index (Phi) is 5.03. The minimum atomic E-state index is -4.58. The SMILES string of the molecule is O=C(O)CCc1ccc(-c2ccc(F)cc2)n1-c1ccccc1C(F)(F)F. The summed E-state index contributed by atoms with van der Waals surface area (Å²) in [6, 6.07) is 13.7. The highest BCUT2D eigenvalue weighted by Gasteiger charge is 2.34. The molecule has 140 valence electrons. The van der Waals surface area contributed by atoms with Gasteiger partial charge >= 0.3 is 12.1 Å². The molecule has 3 nitrogen and oxygen atoms in total. The molecule has 7 heteroatoms. The van der Waals surface area contributed by atoms with Crippen molar-refractivity contribution in [1.29, 1.82) is 0 Å². The predicted molar refractivity (Wildman–Crippen MR) is 92.1 cm³/mol. The van der Waals surface area contributed by atoms with Crippen molar-refractivity contribution in [2.24, 2.45) is 0 Å². The third-order valence-electron chi connectivity index (χ3n) is 4.15. The Labute approximate surface area is 152 Å². The summed E-state index contributed by atoms with van der Waals surface area (Å²) in [5.41, 5.74) is 0.436. The van der Waals surface area contributed by atoms with Crippen LogP contribution in [0.15, 0.2) is 60.7 Å². The van der Waals surface area contributed by atoms with Gasteiger partial charge in [0.2, 0.25) is 0 Å². The van der Waals surface area contributed by atoms with E-state index in [1.165, 1.54) is 47.0 Å². The lowest BCUT2D eigenvalue weighted by atomic mass is 10.1. The molecule has 0 radical (unpaired) electrons. The van der Waals surface area contributed by atoms with E-state index < -0.39 is 23.5 Å². The molecule has 0 amide bonds. The third-order valence-corrected chi connectivity index (χ3v) is 4.15. The number of carboxylic acids is 1. The van der Waals surface area contributed by atoms with Gasteiger partial charge in [-0.25, -0.2) is 4.39 Å². The number of benzene rings is 2. The zero-order chi connectivity index (χ0) is 19.6. The molecule has 1 N–H and O–H groups in total. The highest BCUT2D eigenvalue weighted by molar-refractivity contribution is 5.68. The van der Waals surface area contributed by atoms with Crippen LogP contribution in [-0.2, 0) is 17.4 Å². The monoisotopic (exact) mass is 377 g/mol. The highest BCUT2D eigenvalue weighted by atomic mass is 19.4. The van der Waals surface area contributed by atoms with Crippen LogP contribution in [0.4, 0.5) is 17.6 Å². The summed E-state index contributed by atoms with van der Waals surface area (Å²) in [5, 5.41) is 8.94. The molecule has 1 heterocycles. The van der Waals surface area contributed by atoms with Gasteiger partial charge in [0.25, 0.3) is 0 Å². The summed E-state index contributed by atoms with van der Waals surface area (Å²) in [6.07, 6.45) is -4.74. The van der Waals surface area contributed by atoms with Gasteiger partial charge in [-0.2, -0.15) is 13.2 Å². The number of rotatable bonds is 5. The van der Waals surface area contributed by atoms with Crippen LogP contribution in [0.2, 0.25) is 0 Å². The minimum absolute atomic E-state index is 0.0583. The number of aromatic nitrogens is 1. The van der Waals surface area contributed by atoms with Crippen LogP contribution in [0.5, 0.6) is 0 Å². The lowest BCUT2D eigenvalue weighted by molar-refractivity contribution is -0.138. The number of hydrogen-bond acceptors (Lipinski definition) is 1. The fourth-order valence-corrected chi connectivity index (χ4v) is 2.95. The quantitative estimate of drug-likeness (QED) is 0.612.